The van der Waals surface area contributed by atoms with Gasteiger partial charge in [-0.2, -0.15) is 0 Å². The van der Waals surface area contributed by atoms with E-state index in [9.17, 15) is 0 Å². The van der Waals surface area contributed by atoms with Gasteiger partial charge in [0.2, 0.25) is 0 Å². The Bertz CT molecular complexity index is 369. The molecule has 1 aromatic rings. The Morgan fingerprint density at radius 3 is 3.20 bits per heavy atom. The lowest BCUT2D eigenvalue weighted by molar-refractivity contribution is 1.19. The molecule has 1 aliphatic heterocycles. The van der Waals surface area contributed by atoms with Crippen molar-refractivity contribution in [3.05, 3.63) is 29.0 Å². The molecule has 0 unspecified atom stereocenters. The minimum absolute atomic E-state index is 0.765. The maximum Gasteiger partial charge on any atom is 0.0719 e. The van der Waals surface area contributed by atoms with Crippen LogP contribution in [0.5, 0.6) is 0 Å². The quantitative estimate of drug-likeness (QED) is 0.583. The Morgan fingerprint density at radius 2 is 2.40 bits per heavy atom. The standard InChI is InChI=1S/C7H5BrN2/c8-6-4-10-7-1-2-9-3-5(6)7/h1-3H,4H2. The van der Waals surface area contributed by atoms with E-state index >= 15 is 0 Å². The molecule has 0 atom stereocenters. The Morgan fingerprint density at radius 1 is 1.50 bits per heavy atom. The normalized spacial score (nSPS) is 14.7. The van der Waals surface area contributed by atoms with Crippen LogP contribution in [-0.2, 0) is 0 Å². The summed E-state index contributed by atoms with van der Waals surface area (Å²) in [7, 11) is 0. The lowest BCUT2D eigenvalue weighted by atomic mass is 10.4. The first-order chi connectivity index (χ1) is 4.88. The van der Waals surface area contributed by atoms with E-state index in [1.165, 1.54) is 0 Å². The summed E-state index contributed by atoms with van der Waals surface area (Å²) in [5.74, 6) is 0. The van der Waals surface area contributed by atoms with Crippen LogP contribution in [0.25, 0.3) is 4.48 Å². The number of aromatic nitrogens is 1. The number of fused-ring (bicyclic) bond motifs is 1. The highest BCUT2D eigenvalue weighted by atomic mass is 79.9. The number of pyridine rings is 1. The molecule has 0 aliphatic carbocycles. The number of nitrogens with zero attached hydrogens (tertiary/aromatic N) is 2. The third kappa shape index (κ3) is 0.778. The topological polar surface area (TPSA) is 25.2 Å². The summed E-state index contributed by atoms with van der Waals surface area (Å²) >= 11 is 3.42. The van der Waals surface area contributed by atoms with Crippen LogP contribution >= 0.6 is 15.9 Å². The number of hydrogen-bond acceptors (Lipinski definition) is 2. The minimum Gasteiger partial charge on any atom is -0.279 e. The van der Waals surface area contributed by atoms with Crippen molar-refractivity contribution in [2.24, 2.45) is 4.99 Å². The molecule has 0 fully saturated rings. The Hall–Kier alpha value is -0.700. The van der Waals surface area contributed by atoms with Gasteiger partial charge >= 0.3 is 0 Å². The van der Waals surface area contributed by atoms with Crippen molar-refractivity contribution in [2.45, 2.75) is 0 Å². The zero-order valence-electron chi connectivity index (χ0n) is 5.21. The molecule has 2 heterocycles. The van der Waals surface area contributed by atoms with Gasteiger partial charge in [0.15, 0.2) is 0 Å². The second kappa shape index (κ2) is 2.16. The first-order valence-electron chi connectivity index (χ1n) is 3.01. The van der Waals surface area contributed by atoms with Gasteiger partial charge < -0.3 is 0 Å². The van der Waals surface area contributed by atoms with Crippen molar-refractivity contribution < 1.29 is 0 Å². The van der Waals surface area contributed by atoms with E-state index in [0.717, 1.165) is 21.6 Å². The van der Waals surface area contributed by atoms with E-state index in [1.54, 1.807) is 6.20 Å². The van der Waals surface area contributed by atoms with Crippen LogP contribution in [0.2, 0.25) is 0 Å². The molecule has 50 valence electrons. The molecule has 1 aromatic heterocycles. The Kier molecular flexibility index (Phi) is 1.31. The fraction of sp³-hybridized carbons (Fsp3) is 0.143. The summed E-state index contributed by atoms with van der Waals surface area (Å²) in [6, 6.07) is 1.92. The molecule has 0 N–H and O–H groups in total. The molecule has 0 spiro atoms. The predicted molar refractivity (Wildman–Crippen MR) is 42.2 cm³/mol. The molecular weight excluding hydrogens is 192 g/mol. The molecule has 2 rings (SSSR count). The van der Waals surface area contributed by atoms with Crippen molar-refractivity contribution in [1.29, 1.82) is 0 Å². The summed E-state index contributed by atoms with van der Waals surface area (Å²) in [6.45, 7) is 0.765. The maximum absolute atomic E-state index is 4.26. The van der Waals surface area contributed by atoms with Crippen LogP contribution in [0.1, 0.15) is 0 Å². The van der Waals surface area contributed by atoms with Crippen molar-refractivity contribution in [2.75, 3.05) is 6.54 Å². The monoisotopic (exact) mass is 196 g/mol. The SMILES string of the molecule is BrC1=c2cnccc2=NC1. The lowest BCUT2D eigenvalue weighted by Gasteiger charge is -1.81. The molecule has 0 radical (unpaired) electrons. The smallest absolute Gasteiger partial charge is 0.0719 e. The van der Waals surface area contributed by atoms with Gasteiger partial charge in [0.25, 0.3) is 0 Å². The van der Waals surface area contributed by atoms with E-state index in [2.05, 4.69) is 25.9 Å². The van der Waals surface area contributed by atoms with Gasteiger partial charge in [0.05, 0.1) is 11.9 Å². The third-order valence-corrected chi connectivity index (χ3v) is 2.16. The minimum atomic E-state index is 0.765. The van der Waals surface area contributed by atoms with Crippen LogP contribution in [-0.4, -0.2) is 11.5 Å². The van der Waals surface area contributed by atoms with Gasteiger partial charge in [-0.1, -0.05) is 15.9 Å². The van der Waals surface area contributed by atoms with Crippen molar-refractivity contribution in [3.8, 4) is 0 Å². The Labute approximate surface area is 66.4 Å². The molecular formula is C7H5BrN2. The highest BCUT2D eigenvalue weighted by Crippen LogP contribution is 2.04. The van der Waals surface area contributed by atoms with E-state index in [4.69, 9.17) is 0 Å². The molecule has 0 aromatic carbocycles. The average Bonchev–Trinajstić information content (AvgIpc) is 2.34. The zero-order chi connectivity index (χ0) is 6.97. The van der Waals surface area contributed by atoms with Crippen LogP contribution in [0, 0.1) is 0 Å². The highest BCUT2D eigenvalue weighted by molar-refractivity contribution is 9.14. The average molecular weight is 197 g/mol. The van der Waals surface area contributed by atoms with Gasteiger partial charge in [-0.05, 0) is 6.07 Å². The zero-order valence-corrected chi connectivity index (χ0v) is 6.80. The highest BCUT2D eigenvalue weighted by Gasteiger charge is 2.00. The number of rotatable bonds is 0. The largest absolute Gasteiger partial charge is 0.279 e. The molecule has 3 heteroatoms. The lowest BCUT2D eigenvalue weighted by Crippen LogP contribution is -2.21. The van der Waals surface area contributed by atoms with Gasteiger partial charge in [0.1, 0.15) is 0 Å². The summed E-state index contributed by atoms with van der Waals surface area (Å²) in [6.07, 6.45) is 3.59. The molecule has 0 bridgehead atoms. The molecule has 0 saturated carbocycles. The van der Waals surface area contributed by atoms with Crippen LogP contribution in [0.3, 0.4) is 0 Å². The molecule has 2 nitrogen and oxygen atoms in total. The maximum atomic E-state index is 4.26. The summed E-state index contributed by atoms with van der Waals surface area (Å²) in [4.78, 5) is 8.25. The summed E-state index contributed by atoms with van der Waals surface area (Å²) in [5, 5.41) is 2.17. The van der Waals surface area contributed by atoms with Gasteiger partial charge in [-0.25, -0.2) is 0 Å². The van der Waals surface area contributed by atoms with E-state index in [0.29, 0.717) is 0 Å². The Balaban J connectivity index is 2.96. The van der Waals surface area contributed by atoms with Crippen LogP contribution in [0.4, 0.5) is 0 Å². The number of halogens is 1. The summed E-state index contributed by atoms with van der Waals surface area (Å²) < 4.78 is 1.13. The summed E-state index contributed by atoms with van der Waals surface area (Å²) in [5.41, 5.74) is 0. The molecule has 0 saturated heterocycles. The predicted octanol–water partition coefficient (Wildman–Crippen LogP) is 0.218. The van der Waals surface area contributed by atoms with E-state index < -0.39 is 0 Å². The van der Waals surface area contributed by atoms with E-state index in [-0.39, 0.29) is 0 Å². The van der Waals surface area contributed by atoms with Crippen molar-refractivity contribution in [1.82, 2.24) is 4.98 Å². The van der Waals surface area contributed by atoms with Crippen molar-refractivity contribution >= 4 is 20.4 Å². The first kappa shape index (κ1) is 6.04. The van der Waals surface area contributed by atoms with E-state index in [1.807, 2.05) is 12.3 Å². The van der Waals surface area contributed by atoms with Gasteiger partial charge in [-0.15, -0.1) is 0 Å². The second-order valence-electron chi connectivity index (χ2n) is 2.11. The fourth-order valence-electron chi connectivity index (χ4n) is 0.974. The van der Waals surface area contributed by atoms with Gasteiger partial charge in [-0.3, -0.25) is 9.98 Å². The van der Waals surface area contributed by atoms with Gasteiger partial charge in [0, 0.05) is 22.1 Å². The van der Waals surface area contributed by atoms with Crippen LogP contribution in [0.15, 0.2) is 23.5 Å². The molecule has 1 aliphatic rings. The van der Waals surface area contributed by atoms with Crippen molar-refractivity contribution in [3.63, 3.8) is 0 Å². The second-order valence-corrected chi connectivity index (χ2v) is 3.07. The molecule has 0 amide bonds. The first-order valence-corrected chi connectivity index (χ1v) is 3.80. The third-order valence-electron chi connectivity index (χ3n) is 1.48. The number of hydrogen-bond donors (Lipinski definition) is 0. The molecule has 10 heavy (non-hydrogen) atoms. The fourth-order valence-corrected chi connectivity index (χ4v) is 1.40. The van der Waals surface area contributed by atoms with Crippen LogP contribution < -0.4 is 10.6 Å².